The van der Waals surface area contributed by atoms with Gasteiger partial charge in [0.1, 0.15) is 19.0 Å². The summed E-state index contributed by atoms with van der Waals surface area (Å²) in [4.78, 5) is 26.5. The first-order chi connectivity index (χ1) is 13.0. The van der Waals surface area contributed by atoms with E-state index in [1.54, 1.807) is 35.2 Å². The molecule has 1 unspecified atom stereocenters. The monoisotopic (exact) mass is 370 g/mol. The fourth-order valence-electron chi connectivity index (χ4n) is 3.30. The maximum Gasteiger partial charge on any atom is 0.229 e. The number of hydrogen-bond acceptors (Lipinski definition) is 4. The molecule has 2 aliphatic rings. The zero-order chi connectivity index (χ0) is 19.0. The van der Waals surface area contributed by atoms with E-state index < -0.39 is 11.7 Å². The van der Waals surface area contributed by atoms with E-state index in [-0.39, 0.29) is 30.5 Å². The Hall–Kier alpha value is -3.09. The number of anilines is 2. The molecule has 4 rings (SSSR count). The Kier molecular flexibility index (Phi) is 4.43. The van der Waals surface area contributed by atoms with Crippen molar-refractivity contribution in [1.29, 1.82) is 0 Å². The van der Waals surface area contributed by atoms with Crippen LogP contribution >= 0.6 is 0 Å². The van der Waals surface area contributed by atoms with Crippen LogP contribution in [0.3, 0.4) is 0 Å². The number of nitrogens with one attached hydrogen (secondary N) is 1. The third-order valence-electron chi connectivity index (χ3n) is 4.71. The first-order valence-corrected chi connectivity index (χ1v) is 8.78. The maximum absolute atomic E-state index is 13.9. The topological polar surface area (TPSA) is 67.9 Å². The zero-order valence-electron chi connectivity index (χ0n) is 14.8. The highest BCUT2D eigenvalue weighted by molar-refractivity contribution is 6.03. The Morgan fingerprint density at radius 1 is 1.15 bits per heavy atom. The molecule has 1 saturated heterocycles. The van der Waals surface area contributed by atoms with Gasteiger partial charge in [-0.1, -0.05) is 6.07 Å². The van der Waals surface area contributed by atoms with Gasteiger partial charge in [-0.2, -0.15) is 0 Å². The van der Waals surface area contributed by atoms with Gasteiger partial charge in [0.25, 0.3) is 0 Å². The minimum Gasteiger partial charge on any atom is -0.486 e. The van der Waals surface area contributed by atoms with Gasteiger partial charge in [0.15, 0.2) is 11.5 Å². The van der Waals surface area contributed by atoms with Crippen LogP contribution in [0, 0.1) is 18.7 Å². The summed E-state index contributed by atoms with van der Waals surface area (Å²) in [6.07, 6.45) is 0.0771. The molecule has 1 N–H and O–H groups in total. The van der Waals surface area contributed by atoms with Crippen molar-refractivity contribution in [3.63, 3.8) is 0 Å². The number of benzene rings is 2. The van der Waals surface area contributed by atoms with Crippen LogP contribution in [0.4, 0.5) is 15.8 Å². The second-order valence-corrected chi connectivity index (χ2v) is 6.71. The quantitative estimate of drug-likeness (QED) is 0.902. The van der Waals surface area contributed by atoms with Gasteiger partial charge in [0.2, 0.25) is 11.8 Å². The number of carbonyl (C=O) groups is 2. The lowest BCUT2D eigenvalue weighted by atomic mass is 10.1. The number of aryl methyl sites for hydroxylation is 1. The average molecular weight is 370 g/mol. The predicted molar refractivity (Wildman–Crippen MR) is 97.7 cm³/mol. The van der Waals surface area contributed by atoms with E-state index in [1.165, 1.54) is 6.07 Å². The smallest absolute Gasteiger partial charge is 0.229 e. The van der Waals surface area contributed by atoms with Crippen LogP contribution in [0.25, 0.3) is 0 Å². The Morgan fingerprint density at radius 2 is 1.93 bits per heavy atom. The molecule has 0 bridgehead atoms. The van der Waals surface area contributed by atoms with E-state index in [4.69, 9.17) is 9.47 Å². The Bertz CT molecular complexity index is 915. The highest BCUT2D eigenvalue weighted by Gasteiger charge is 2.35. The molecule has 1 fully saturated rings. The predicted octanol–water partition coefficient (Wildman–Crippen LogP) is 2.90. The van der Waals surface area contributed by atoms with Gasteiger partial charge in [-0.05, 0) is 36.8 Å². The summed E-state index contributed by atoms with van der Waals surface area (Å²) in [6, 6.07) is 9.79. The number of carbonyl (C=O) groups excluding carboxylic acids is 2. The second kappa shape index (κ2) is 6.90. The number of halogens is 1. The molecule has 27 heavy (non-hydrogen) atoms. The van der Waals surface area contributed by atoms with Crippen molar-refractivity contribution in [2.75, 3.05) is 30.0 Å². The fraction of sp³-hybridized carbons (Fsp3) is 0.300. The van der Waals surface area contributed by atoms with Crippen LogP contribution in [0.2, 0.25) is 0 Å². The maximum atomic E-state index is 13.9. The van der Waals surface area contributed by atoms with Gasteiger partial charge in [-0.3, -0.25) is 9.59 Å². The number of nitrogens with zero attached hydrogens (tertiary/aromatic N) is 1. The molecule has 2 aliphatic heterocycles. The molecule has 1 atom stereocenters. The van der Waals surface area contributed by atoms with Crippen LogP contribution in [0.1, 0.15) is 12.0 Å². The Morgan fingerprint density at radius 3 is 2.74 bits per heavy atom. The lowest BCUT2D eigenvalue weighted by Crippen LogP contribution is -2.28. The number of fused-ring (bicyclic) bond motifs is 1. The SMILES string of the molecule is Cc1ccc(F)c(NC(=O)C2CC(=O)N(c3ccc4c(c3)OCCO4)C2)c1. The highest BCUT2D eigenvalue weighted by Crippen LogP contribution is 2.36. The van der Waals surface area contributed by atoms with Gasteiger partial charge in [0.05, 0.1) is 11.6 Å². The van der Waals surface area contributed by atoms with Gasteiger partial charge in [-0.25, -0.2) is 4.39 Å². The largest absolute Gasteiger partial charge is 0.486 e. The molecule has 2 aromatic carbocycles. The molecule has 6 nitrogen and oxygen atoms in total. The van der Waals surface area contributed by atoms with Crippen LogP contribution in [0.5, 0.6) is 11.5 Å². The summed E-state index contributed by atoms with van der Waals surface area (Å²) in [5.41, 5.74) is 1.62. The van der Waals surface area contributed by atoms with Crippen LogP contribution in [-0.2, 0) is 9.59 Å². The summed E-state index contributed by atoms with van der Waals surface area (Å²) >= 11 is 0. The minimum atomic E-state index is -0.550. The number of ether oxygens (including phenoxy) is 2. The molecule has 2 heterocycles. The van der Waals surface area contributed by atoms with Crippen molar-refractivity contribution in [3.05, 3.63) is 47.8 Å². The molecule has 0 aliphatic carbocycles. The third-order valence-corrected chi connectivity index (χ3v) is 4.71. The van der Waals surface area contributed by atoms with Crippen molar-refractivity contribution >= 4 is 23.2 Å². The summed E-state index contributed by atoms with van der Waals surface area (Å²) in [6.45, 7) is 3.00. The molecular formula is C20H19FN2O4. The molecule has 0 radical (unpaired) electrons. The van der Waals surface area contributed by atoms with Crippen molar-refractivity contribution in [2.24, 2.45) is 5.92 Å². The van der Waals surface area contributed by atoms with E-state index >= 15 is 0 Å². The summed E-state index contributed by atoms with van der Waals surface area (Å²) in [7, 11) is 0. The van der Waals surface area contributed by atoms with Gasteiger partial charge in [0, 0.05) is 24.7 Å². The number of hydrogen-bond donors (Lipinski definition) is 1. The molecule has 7 heteroatoms. The van der Waals surface area contributed by atoms with Crippen LogP contribution in [0.15, 0.2) is 36.4 Å². The van der Waals surface area contributed by atoms with Crippen molar-refractivity contribution in [1.82, 2.24) is 0 Å². The molecule has 2 aromatic rings. The van der Waals surface area contributed by atoms with E-state index in [1.807, 2.05) is 6.92 Å². The van der Waals surface area contributed by atoms with E-state index in [0.717, 1.165) is 5.56 Å². The minimum absolute atomic E-state index is 0.0771. The normalized spacial score (nSPS) is 18.5. The van der Waals surface area contributed by atoms with Gasteiger partial charge >= 0.3 is 0 Å². The van der Waals surface area contributed by atoms with Crippen molar-refractivity contribution in [3.8, 4) is 11.5 Å². The third kappa shape index (κ3) is 3.45. The number of amides is 2. The molecule has 0 aromatic heterocycles. The Labute approximate surface area is 155 Å². The van der Waals surface area contributed by atoms with Crippen molar-refractivity contribution < 1.29 is 23.5 Å². The van der Waals surface area contributed by atoms with Gasteiger partial charge < -0.3 is 19.7 Å². The van der Waals surface area contributed by atoms with E-state index in [0.29, 0.717) is 30.4 Å². The highest BCUT2D eigenvalue weighted by atomic mass is 19.1. The molecule has 0 saturated carbocycles. The first-order valence-electron chi connectivity index (χ1n) is 8.78. The zero-order valence-corrected chi connectivity index (χ0v) is 14.8. The number of rotatable bonds is 3. The van der Waals surface area contributed by atoms with Crippen LogP contribution < -0.4 is 19.7 Å². The van der Waals surface area contributed by atoms with Crippen LogP contribution in [-0.4, -0.2) is 31.6 Å². The standard InChI is InChI=1S/C20H19FN2O4/c1-12-2-4-15(21)16(8-12)22-20(25)13-9-19(24)23(11-13)14-3-5-17-18(10-14)27-7-6-26-17/h2-5,8,10,13H,6-7,9,11H2,1H3,(H,22,25). The summed E-state index contributed by atoms with van der Waals surface area (Å²) in [5, 5.41) is 2.60. The first kappa shape index (κ1) is 17.3. The fourth-order valence-corrected chi connectivity index (χ4v) is 3.30. The van der Waals surface area contributed by atoms with E-state index in [2.05, 4.69) is 5.32 Å². The molecule has 2 amide bonds. The second-order valence-electron chi connectivity index (χ2n) is 6.71. The van der Waals surface area contributed by atoms with E-state index in [9.17, 15) is 14.0 Å². The average Bonchev–Trinajstić information content (AvgIpc) is 3.06. The summed E-state index contributed by atoms with van der Waals surface area (Å²) < 4.78 is 24.9. The van der Waals surface area contributed by atoms with Crippen molar-refractivity contribution in [2.45, 2.75) is 13.3 Å². The molecule has 140 valence electrons. The van der Waals surface area contributed by atoms with Gasteiger partial charge in [-0.15, -0.1) is 0 Å². The molecule has 0 spiro atoms. The lowest BCUT2D eigenvalue weighted by Gasteiger charge is -2.22. The summed E-state index contributed by atoms with van der Waals surface area (Å²) in [5.74, 6) is -0.348. The Balaban J connectivity index is 1.49. The molecular weight excluding hydrogens is 351 g/mol. The lowest BCUT2D eigenvalue weighted by molar-refractivity contribution is -0.122.